The summed E-state index contributed by atoms with van der Waals surface area (Å²) in [7, 11) is -3.93. The highest BCUT2D eigenvalue weighted by molar-refractivity contribution is 7.95. The van der Waals surface area contributed by atoms with Crippen LogP contribution in [0.15, 0.2) is 82.6 Å². The molecule has 0 radical (unpaired) electrons. The molecule has 1 aliphatic heterocycles. The lowest BCUT2D eigenvalue weighted by Gasteiger charge is -2.24. The average Bonchev–Trinajstić information content (AvgIpc) is 2.71. The maximum atomic E-state index is 13.4. The third-order valence-electron chi connectivity index (χ3n) is 4.53. The van der Waals surface area contributed by atoms with E-state index in [-0.39, 0.29) is 33.4 Å². The maximum Gasteiger partial charge on any atom is 0.273 e. The summed E-state index contributed by atoms with van der Waals surface area (Å²) in [6.07, 6.45) is 0.0974. The molecule has 3 aromatic carbocycles. The molecule has 3 aromatic rings. The van der Waals surface area contributed by atoms with E-state index >= 15 is 0 Å². The van der Waals surface area contributed by atoms with Crippen molar-refractivity contribution in [2.75, 3.05) is 0 Å². The van der Waals surface area contributed by atoms with Gasteiger partial charge in [-0.3, -0.25) is 10.1 Å². The fourth-order valence-electron chi connectivity index (χ4n) is 3.11. The summed E-state index contributed by atoms with van der Waals surface area (Å²) in [5, 5.41) is 11.7. The Labute approximate surface area is 172 Å². The third-order valence-corrected chi connectivity index (χ3v) is 6.68. The van der Waals surface area contributed by atoms with Gasteiger partial charge in [0.05, 0.1) is 15.9 Å². The number of rotatable bonds is 4. The van der Waals surface area contributed by atoms with Crippen LogP contribution in [0, 0.1) is 10.1 Å². The third kappa shape index (κ3) is 3.62. The first-order chi connectivity index (χ1) is 13.9. The second kappa shape index (κ2) is 7.35. The van der Waals surface area contributed by atoms with Crippen molar-refractivity contribution in [1.82, 2.24) is 0 Å². The number of hydrogen-bond acceptors (Lipinski definition) is 5. The molecule has 1 heterocycles. The zero-order valence-corrected chi connectivity index (χ0v) is 16.5. The predicted octanol–water partition coefficient (Wildman–Crippen LogP) is 5.03. The van der Waals surface area contributed by atoms with Crippen molar-refractivity contribution in [2.24, 2.45) is 0 Å². The number of halogens is 1. The average molecular weight is 428 g/mol. The van der Waals surface area contributed by atoms with Crippen molar-refractivity contribution >= 4 is 32.9 Å². The van der Waals surface area contributed by atoms with Gasteiger partial charge in [-0.05, 0) is 23.8 Å². The van der Waals surface area contributed by atoms with Gasteiger partial charge in [0.15, 0.2) is 5.75 Å². The quantitative estimate of drug-likeness (QED) is 0.430. The lowest BCUT2D eigenvalue weighted by atomic mass is 10.1. The summed E-state index contributed by atoms with van der Waals surface area (Å²) in [6, 6.07) is 19.2. The molecule has 0 saturated heterocycles. The lowest BCUT2D eigenvalue weighted by molar-refractivity contribution is -0.385. The van der Waals surface area contributed by atoms with Crippen molar-refractivity contribution < 1.29 is 18.1 Å². The fraction of sp³-hybridized carbons (Fsp3) is 0.0476. The number of ether oxygens (including phenoxy) is 1. The summed E-state index contributed by atoms with van der Waals surface area (Å²) in [5.41, 5.74) is 1.07. The number of nitro groups is 1. The van der Waals surface area contributed by atoms with E-state index < -0.39 is 14.8 Å². The highest BCUT2D eigenvalue weighted by atomic mass is 35.5. The molecule has 0 spiro atoms. The molecule has 0 N–H and O–H groups in total. The minimum absolute atomic E-state index is 0.0575. The zero-order chi connectivity index (χ0) is 20.6. The largest absolute Gasteiger partial charge is 0.454 e. The van der Waals surface area contributed by atoms with E-state index in [1.807, 2.05) is 0 Å². The van der Waals surface area contributed by atoms with Crippen LogP contribution in [0.5, 0.6) is 5.75 Å². The molecule has 0 aliphatic carbocycles. The van der Waals surface area contributed by atoms with Crippen molar-refractivity contribution in [3.05, 3.63) is 104 Å². The molecule has 29 heavy (non-hydrogen) atoms. The minimum atomic E-state index is -3.93. The number of hydrogen-bond donors (Lipinski definition) is 0. The molecule has 0 fully saturated rings. The molecule has 146 valence electrons. The van der Waals surface area contributed by atoms with Gasteiger partial charge in [0.1, 0.15) is 10.7 Å². The van der Waals surface area contributed by atoms with E-state index in [0.29, 0.717) is 10.6 Å². The highest BCUT2D eigenvalue weighted by Gasteiger charge is 2.35. The van der Waals surface area contributed by atoms with Gasteiger partial charge in [0.25, 0.3) is 5.69 Å². The molecule has 0 bridgehead atoms. The smallest absolute Gasteiger partial charge is 0.273 e. The molecule has 0 unspecified atom stereocenters. The minimum Gasteiger partial charge on any atom is -0.454 e. The Hall–Kier alpha value is -3.16. The van der Waals surface area contributed by atoms with E-state index in [1.54, 1.807) is 54.6 Å². The van der Waals surface area contributed by atoms with Crippen LogP contribution in [0.3, 0.4) is 0 Å². The number of benzene rings is 3. The second-order valence-electron chi connectivity index (χ2n) is 6.42. The molecule has 8 heteroatoms. The van der Waals surface area contributed by atoms with Gasteiger partial charge in [-0.25, -0.2) is 8.42 Å². The van der Waals surface area contributed by atoms with Crippen molar-refractivity contribution in [3.8, 4) is 5.75 Å². The van der Waals surface area contributed by atoms with E-state index in [2.05, 4.69) is 0 Å². The monoisotopic (exact) mass is 427 g/mol. The molecule has 0 aromatic heterocycles. The van der Waals surface area contributed by atoms with Crippen LogP contribution in [0.4, 0.5) is 5.69 Å². The van der Waals surface area contributed by atoms with Crippen LogP contribution in [-0.2, 0) is 16.3 Å². The van der Waals surface area contributed by atoms with Gasteiger partial charge < -0.3 is 4.74 Å². The Balaban J connectivity index is 1.91. The number of fused-ring (bicyclic) bond motifs is 1. The van der Waals surface area contributed by atoms with Crippen molar-refractivity contribution in [3.63, 3.8) is 0 Å². The first kappa shape index (κ1) is 19.2. The SMILES string of the molecule is O=[N+]([O-])c1ccc2c(c1)OC(c1ccccc1)=C(Cc1ccc(Cl)cc1)S2(=O)=O. The standard InChI is InChI=1S/C21H14ClNO5S/c22-16-8-6-14(7-9-16)12-20-21(15-4-2-1-3-5-15)28-18-13-17(23(24)25)10-11-19(18)29(20,26)27/h1-11,13H,12H2. The fourth-order valence-corrected chi connectivity index (χ4v) is 4.87. The topological polar surface area (TPSA) is 86.5 Å². The summed E-state index contributed by atoms with van der Waals surface area (Å²) in [5.74, 6) is 0.103. The molecule has 6 nitrogen and oxygen atoms in total. The number of allylic oxidation sites excluding steroid dienone is 1. The van der Waals surface area contributed by atoms with Gasteiger partial charge in [-0.15, -0.1) is 0 Å². The van der Waals surface area contributed by atoms with E-state index in [0.717, 1.165) is 17.7 Å². The van der Waals surface area contributed by atoms with Crippen LogP contribution in [0.25, 0.3) is 5.76 Å². The lowest BCUT2D eigenvalue weighted by Crippen LogP contribution is -2.18. The summed E-state index contributed by atoms with van der Waals surface area (Å²) in [6.45, 7) is 0. The predicted molar refractivity (Wildman–Crippen MR) is 109 cm³/mol. The van der Waals surface area contributed by atoms with Gasteiger partial charge in [-0.1, -0.05) is 54.1 Å². The molecule has 0 atom stereocenters. The Kier molecular flexibility index (Phi) is 4.86. The van der Waals surface area contributed by atoms with E-state index in [9.17, 15) is 18.5 Å². The Morgan fingerprint density at radius 3 is 2.31 bits per heavy atom. The van der Waals surface area contributed by atoms with Crippen LogP contribution in [-0.4, -0.2) is 13.3 Å². The van der Waals surface area contributed by atoms with Crippen LogP contribution >= 0.6 is 11.6 Å². The Bertz CT molecular complexity index is 1240. The van der Waals surface area contributed by atoms with Crippen molar-refractivity contribution in [1.29, 1.82) is 0 Å². The summed E-state index contributed by atoms with van der Waals surface area (Å²) < 4.78 is 32.7. The van der Waals surface area contributed by atoms with Gasteiger partial charge in [-0.2, -0.15) is 0 Å². The first-order valence-electron chi connectivity index (χ1n) is 8.60. The van der Waals surface area contributed by atoms with E-state index in [4.69, 9.17) is 16.3 Å². The molecule has 0 saturated carbocycles. The number of sulfone groups is 1. The second-order valence-corrected chi connectivity index (χ2v) is 8.79. The maximum absolute atomic E-state index is 13.4. The normalized spacial score (nSPS) is 14.8. The zero-order valence-electron chi connectivity index (χ0n) is 14.9. The Morgan fingerprint density at radius 1 is 0.966 bits per heavy atom. The molecule has 0 amide bonds. The number of nitro benzene ring substituents is 1. The Morgan fingerprint density at radius 2 is 1.66 bits per heavy atom. The van der Waals surface area contributed by atoms with Gasteiger partial charge >= 0.3 is 0 Å². The van der Waals surface area contributed by atoms with Crippen LogP contribution < -0.4 is 4.74 Å². The van der Waals surface area contributed by atoms with E-state index in [1.165, 1.54) is 6.07 Å². The van der Waals surface area contributed by atoms with Gasteiger partial charge in [0, 0.05) is 23.1 Å². The number of non-ortho nitro benzene ring substituents is 1. The molecular formula is C21H14ClNO5S. The first-order valence-corrected chi connectivity index (χ1v) is 10.5. The number of nitrogens with zero attached hydrogens (tertiary/aromatic N) is 1. The molecule has 4 rings (SSSR count). The van der Waals surface area contributed by atoms with Crippen LogP contribution in [0.1, 0.15) is 11.1 Å². The van der Waals surface area contributed by atoms with Gasteiger partial charge in [0.2, 0.25) is 9.84 Å². The molecule has 1 aliphatic rings. The summed E-state index contributed by atoms with van der Waals surface area (Å²) in [4.78, 5) is 10.5. The van der Waals surface area contributed by atoms with Crippen molar-refractivity contribution in [2.45, 2.75) is 11.3 Å². The highest BCUT2D eigenvalue weighted by Crippen LogP contribution is 2.42. The molecular weight excluding hydrogens is 414 g/mol. The van der Waals surface area contributed by atoms with Crippen LogP contribution in [0.2, 0.25) is 5.02 Å². The summed E-state index contributed by atoms with van der Waals surface area (Å²) >= 11 is 5.93.